The molecule has 0 heterocycles. The SMILES string of the molecule is CC(=O)C(C(C)=O)C(=O)c1cccc([N+](=O)[O-])c1. The maximum atomic E-state index is 11.9. The van der Waals surface area contributed by atoms with Crippen molar-refractivity contribution in [3.63, 3.8) is 0 Å². The van der Waals surface area contributed by atoms with Crippen LogP contribution in [-0.4, -0.2) is 22.3 Å². The molecule has 0 aliphatic carbocycles. The molecule has 18 heavy (non-hydrogen) atoms. The van der Waals surface area contributed by atoms with E-state index in [0.717, 1.165) is 19.9 Å². The van der Waals surface area contributed by atoms with Gasteiger partial charge < -0.3 is 0 Å². The average molecular weight is 249 g/mol. The molecular formula is C12H11NO5. The Morgan fingerprint density at radius 3 is 2.17 bits per heavy atom. The summed E-state index contributed by atoms with van der Waals surface area (Å²) in [6, 6.07) is 4.96. The Balaban J connectivity index is 3.17. The maximum Gasteiger partial charge on any atom is 0.270 e. The summed E-state index contributed by atoms with van der Waals surface area (Å²) in [6.45, 7) is 2.28. The molecule has 0 radical (unpaired) electrons. The number of non-ortho nitro benzene ring substituents is 1. The van der Waals surface area contributed by atoms with Gasteiger partial charge in [0.2, 0.25) is 0 Å². The summed E-state index contributed by atoms with van der Waals surface area (Å²) < 4.78 is 0. The van der Waals surface area contributed by atoms with Crippen LogP contribution >= 0.6 is 0 Å². The van der Waals surface area contributed by atoms with Crippen molar-refractivity contribution in [2.75, 3.05) is 0 Å². The Morgan fingerprint density at radius 1 is 1.17 bits per heavy atom. The van der Waals surface area contributed by atoms with E-state index in [-0.39, 0.29) is 11.3 Å². The summed E-state index contributed by atoms with van der Waals surface area (Å²) in [5.74, 6) is -3.23. The highest BCUT2D eigenvalue weighted by Gasteiger charge is 2.29. The van der Waals surface area contributed by atoms with E-state index in [0.29, 0.717) is 0 Å². The van der Waals surface area contributed by atoms with E-state index in [1.807, 2.05) is 0 Å². The first-order chi connectivity index (χ1) is 8.34. The lowest BCUT2D eigenvalue weighted by molar-refractivity contribution is -0.384. The average Bonchev–Trinajstić information content (AvgIpc) is 2.28. The molecule has 0 spiro atoms. The van der Waals surface area contributed by atoms with Crippen molar-refractivity contribution in [1.29, 1.82) is 0 Å². The molecule has 0 atom stereocenters. The van der Waals surface area contributed by atoms with E-state index in [2.05, 4.69) is 0 Å². The van der Waals surface area contributed by atoms with E-state index in [1.54, 1.807) is 0 Å². The number of nitrogens with zero attached hydrogens (tertiary/aromatic N) is 1. The van der Waals surface area contributed by atoms with Crippen LogP contribution in [0, 0.1) is 16.0 Å². The van der Waals surface area contributed by atoms with Gasteiger partial charge in [0.25, 0.3) is 5.69 Å². The Hall–Kier alpha value is -2.37. The third-order valence-electron chi connectivity index (χ3n) is 2.42. The quantitative estimate of drug-likeness (QED) is 0.341. The predicted molar refractivity (Wildman–Crippen MR) is 62.3 cm³/mol. The smallest absolute Gasteiger partial charge is 0.270 e. The molecule has 0 aliphatic rings. The van der Waals surface area contributed by atoms with Crippen LogP contribution in [-0.2, 0) is 9.59 Å². The van der Waals surface area contributed by atoms with Crippen molar-refractivity contribution in [1.82, 2.24) is 0 Å². The summed E-state index contributed by atoms with van der Waals surface area (Å²) in [5, 5.41) is 10.6. The van der Waals surface area contributed by atoms with Gasteiger partial charge in [-0.1, -0.05) is 12.1 Å². The maximum absolute atomic E-state index is 11.9. The van der Waals surface area contributed by atoms with Gasteiger partial charge in [-0.05, 0) is 13.8 Å². The first kappa shape index (κ1) is 13.7. The van der Waals surface area contributed by atoms with Gasteiger partial charge in [0.05, 0.1) is 4.92 Å². The molecule has 0 saturated carbocycles. The number of hydrogen-bond donors (Lipinski definition) is 0. The minimum Gasteiger partial charge on any atom is -0.299 e. The van der Waals surface area contributed by atoms with Gasteiger partial charge in [0, 0.05) is 17.7 Å². The van der Waals surface area contributed by atoms with Gasteiger partial charge >= 0.3 is 0 Å². The van der Waals surface area contributed by atoms with Crippen LogP contribution in [0.5, 0.6) is 0 Å². The monoisotopic (exact) mass is 249 g/mol. The third kappa shape index (κ3) is 2.85. The van der Waals surface area contributed by atoms with Gasteiger partial charge in [0.1, 0.15) is 17.5 Å². The largest absolute Gasteiger partial charge is 0.299 e. The fourth-order valence-electron chi connectivity index (χ4n) is 1.59. The van der Waals surface area contributed by atoms with Gasteiger partial charge in [-0.25, -0.2) is 0 Å². The second kappa shape index (κ2) is 5.31. The standard InChI is InChI=1S/C12H11NO5/c1-7(14)11(8(2)15)12(16)9-4-3-5-10(6-9)13(17)18/h3-6,11H,1-2H3. The number of carbonyl (C=O) groups is 3. The number of Topliss-reactive ketones (excluding diaryl/α,β-unsaturated/α-hetero) is 3. The highest BCUT2D eigenvalue weighted by molar-refractivity contribution is 6.23. The van der Waals surface area contributed by atoms with E-state index >= 15 is 0 Å². The number of ketones is 3. The summed E-state index contributed by atoms with van der Waals surface area (Å²) in [4.78, 5) is 44.4. The predicted octanol–water partition coefficient (Wildman–Crippen LogP) is 1.57. The Labute approximate surface area is 103 Å². The molecule has 0 unspecified atom stereocenters. The molecule has 0 aliphatic heterocycles. The number of carbonyl (C=O) groups excluding carboxylic acids is 3. The highest BCUT2D eigenvalue weighted by atomic mass is 16.6. The lowest BCUT2D eigenvalue weighted by Crippen LogP contribution is -2.28. The normalized spacial score (nSPS) is 10.2. The minimum atomic E-state index is -1.38. The van der Waals surface area contributed by atoms with Crippen LogP contribution in [0.1, 0.15) is 24.2 Å². The summed E-state index contributed by atoms with van der Waals surface area (Å²) in [5.41, 5.74) is -0.272. The van der Waals surface area contributed by atoms with Crippen LogP contribution in [0.25, 0.3) is 0 Å². The fraction of sp³-hybridized carbons (Fsp3) is 0.250. The van der Waals surface area contributed by atoms with Crippen LogP contribution < -0.4 is 0 Å². The van der Waals surface area contributed by atoms with E-state index in [9.17, 15) is 24.5 Å². The molecule has 94 valence electrons. The molecule has 0 amide bonds. The lowest BCUT2D eigenvalue weighted by Gasteiger charge is -2.08. The summed E-state index contributed by atoms with van der Waals surface area (Å²) in [7, 11) is 0. The number of nitro benzene ring substituents is 1. The molecule has 0 saturated heterocycles. The molecule has 1 aromatic carbocycles. The molecule has 1 aromatic rings. The molecule has 0 bridgehead atoms. The van der Waals surface area contributed by atoms with Crippen molar-refractivity contribution in [3.8, 4) is 0 Å². The molecule has 6 heteroatoms. The first-order valence-electron chi connectivity index (χ1n) is 5.14. The van der Waals surface area contributed by atoms with Crippen LogP contribution in [0.4, 0.5) is 5.69 Å². The second-order valence-electron chi connectivity index (χ2n) is 3.83. The van der Waals surface area contributed by atoms with Crippen LogP contribution in [0.2, 0.25) is 0 Å². The van der Waals surface area contributed by atoms with Crippen molar-refractivity contribution < 1.29 is 19.3 Å². The third-order valence-corrected chi connectivity index (χ3v) is 2.42. The molecular weight excluding hydrogens is 238 g/mol. The second-order valence-corrected chi connectivity index (χ2v) is 3.83. The minimum absolute atomic E-state index is 0.0143. The Bertz CT molecular complexity index is 521. The van der Waals surface area contributed by atoms with Crippen molar-refractivity contribution in [2.45, 2.75) is 13.8 Å². The van der Waals surface area contributed by atoms with Crippen LogP contribution in [0.3, 0.4) is 0 Å². The zero-order valence-corrected chi connectivity index (χ0v) is 9.88. The van der Waals surface area contributed by atoms with Gasteiger partial charge in [-0.3, -0.25) is 24.5 Å². The highest BCUT2D eigenvalue weighted by Crippen LogP contribution is 2.17. The van der Waals surface area contributed by atoms with Crippen LogP contribution in [0.15, 0.2) is 24.3 Å². The lowest BCUT2D eigenvalue weighted by atomic mass is 9.91. The van der Waals surface area contributed by atoms with E-state index in [4.69, 9.17) is 0 Å². The van der Waals surface area contributed by atoms with Crippen molar-refractivity contribution in [3.05, 3.63) is 39.9 Å². The topological polar surface area (TPSA) is 94.3 Å². The van der Waals surface area contributed by atoms with Gasteiger partial charge in [-0.15, -0.1) is 0 Å². The van der Waals surface area contributed by atoms with E-state index < -0.39 is 28.2 Å². The number of hydrogen-bond acceptors (Lipinski definition) is 5. The zero-order valence-electron chi connectivity index (χ0n) is 9.88. The molecule has 0 aromatic heterocycles. The molecule has 1 rings (SSSR count). The molecule has 6 nitrogen and oxygen atoms in total. The fourth-order valence-corrected chi connectivity index (χ4v) is 1.59. The Kier molecular flexibility index (Phi) is 4.04. The van der Waals surface area contributed by atoms with Gasteiger partial charge in [0.15, 0.2) is 5.78 Å². The van der Waals surface area contributed by atoms with Crippen molar-refractivity contribution >= 4 is 23.0 Å². The molecule has 0 fully saturated rings. The van der Waals surface area contributed by atoms with Crippen molar-refractivity contribution in [2.24, 2.45) is 5.92 Å². The van der Waals surface area contributed by atoms with E-state index in [1.165, 1.54) is 18.2 Å². The summed E-state index contributed by atoms with van der Waals surface area (Å²) in [6.07, 6.45) is 0. The number of benzene rings is 1. The first-order valence-corrected chi connectivity index (χ1v) is 5.14. The van der Waals surface area contributed by atoms with Gasteiger partial charge in [-0.2, -0.15) is 0 Å². The zero-order chi connectivity index (χ0) is 13.9. The Morgan fingerprint density at radius 2 is 1.72 bits per heavy atom. The number of nitro groups is 1. The molecule has 0 N–H and O–H groups in total. The number of rotatable bonds is 5. The summed E-state index contributed by atoms with van der Waals surface area (Å²) >= 11 is 0.